The minimum Gasteiger partial charge on any atom is -0.466 e. The summed E-state index contributed by atoms with van der Waals surface area (Å²) in [5.74, 6) is -0.292. The first kappa shape index (κ1) is 16.7. The molecule has 0 aliphatic heterocycles. The van der Waals surface area contributed by atoms with Gasteiger partial charge in [0, 0.05) is 26.4 Å². The second-order valence-electron chi connectivity index (χ2n) is 3.66. The number of hydrogen-bond donors (Lipinski definition) is 0. The summed E-state index contributed by atoms with van der Waals surface area (Å²) in [5.41, 5.74) is 1.39. The summed E-state index contributed by atoms with van der Waals surface area (Å²) in [5, 5.41) is 8.04. The summed E-state index contributed by atoms with van der Waals surface area (Å²) >= 11 is 0. The number of methoxy groups -OCH3 is 2. The second kappa shape index (κ2) is 10.9. The largest absolute Gasteiger partial charge is 0.466 e. The quantitative estimate of drug-likeness (QED) is 0.356. The molecule has 18 heavy (non-hydrogen) atoms. The summed E-state index contributed by atoms with van der Waals surface area (Å²) in [7, 11) is 3.22. The third-order valence-electron chi connectivity index (χ3n) is 1.97. The van der Waals surface area contributed by atoms with Gasteiger partial charge in [0.2, 0.25) is 0 Å². The molecule has 0 fully saturated rings. The highest BCUT2D eigenvalue weighted by molar-refractivity contribution is 5.98. The van der Waals surface area contributed by atoms with Crippen molar-refractivity contribution in [2.45, 2.75) is 26.7 Å². The maximum Gasteiger partial charge on any atom is 0.311 e. The van der Waals surface area contributed by atoms with Crippen molar-refractivity contribution in [3.8, 4) is 0 Å². The van der Waals surface area contributed by atoms with Crippen LogP contribution in [0.25, 0.3) is 0 Å². The second-order valence-corrected chi connectivity index (χ2v) is 3.66. The number of nitrogens with zero attached hydrogens (tertiary/aromatic N) is 2. The lowest BCUT2D eigenvalue weighted by Gasteiger charge is -2.03. The fourth-order valence-electron chi connectivity index (χ4n) is 1.15. The van der Waals surface area contributed by atoms with Crippen molar-refractivity contribution in [1.82, 2.24) is 0 Å². The molecular formula is C12H22N2O4. The van der Waals surface area contributed by atoms with E-state index in [1.54, 1.807) is 28.1 Å². The molecule has 0 saturated heterocycles. The van der Waals surface area contributed by atoms with Gasteiger partial charge in [-0.05, 0) is 13.8 Å². The molecule has 0 aliphatic carbocycles. The van der Waals surface area contributed by atoms with E-state index in [2.05, 4.69) is 10.2 Å². The van der Waals surface area contributed by atoms with Gasteiger partial charge in [-0.1, -0.05) is 0 Å². The Morgan fingerprint density at radius 3 is 2.44 bits per heavy atom. The van der Waals surface area contributed by atoms with Gasteiger partial charge in [-0.2, -0.15) is 10.2 Å². The Morgan fingerprint density at radius 1 is 1.17 bits per heavy atom. The van der Waals surface area contributed by atoms with Gasteiger partial charge in [-0.3, -0.25) is 4.79 Å². The van der Waals surface area contributed by atoms with Crippen LogP contribution in [0.3, 0.4) is 0 Å². The van der Waals surface area contributed by atoms with Crippen LogP contribution in [0, 0.1) is 0 Å². The van der Waals surface area contributed by atoms with Crippen molar-refractivity contribution >= 4 is 17.4 Å². The average Bonchev–Trinajstić information content (AvgIpc) is 2.33. The molecule has 0 aliphatic rings. The number of rotatable bonds is 9. The van der Waals surface area contributed by atoms with Crippen molar-refractivity contribution < 1.29 is 19.0 Å². The summed E-state index contributed by atoms with van der Waals surface area (Å²) in [6.07, 6.45) is 0.808. The van der Waals surface area contributed by atoms with E-state index in [0.717, 1.165) is 5.71 Å². The minimum atomic E-state index is -0.292. The van der Waals surface area contributed by atoms with Gasteiger partial charge in [-0.25, -0.2) is 0 Å². The molecule has 0 bridgehead atoms. The summed E-state index contributed by atoms with van der Waals surface area (Å²) < 4.78 is 14.8. The lowest BCUT2D eigenvalue weighted by molar-refractivity contribution is -0.141. The van der Waals surface area contributed by atoms with Crippen LogP contribution in [-0.4, -0.2) is 51.4 Å². The van der Waals surface area contributed by atoms with Crippen LogP contribution >= 0.6 is 0 Å². The molecule has 0 rings (SSSR count). The van der Waals surface area contributed by atoms with E-state index in [9.17, 15) is 4.79 Å². The Morgan fingerprint density at radius 2 is 1.89 bits per heavy atom. The van der Waals surface area contributed by atoms with E-state index >= 15 is 0 Å². The van der Waals surface area contributed by atoms with Crippen molar-refractivity contribution in [3.05, 3.63) is 0 Å². The number of ether oxygens (including phenoxy) is 3. The topological polar surface area (TPSA) is 69.5 Å². The third-order valence-corrected chi connectivity index (χ3v) is 1.97. The van der Waals surface area contributed by atoms with Crippen LogP contribution < -0.4 is 0 Å². The third kappa shape index (κ3) is 8.83. The molecule has 0 N–H and O–H groups in total. The molecule has 104 valence electrons. The Kier molecular flexibility index (Phi) is 10.1. The number of hydrogen-bond acceptors (Lipinski definition) is 6. The summed E-state index contributed by atoms with van der Waals surface area (Å²) in [6.45, 7) is 4.84. The van der Waals surface area contributed by atoms with Crippen LogP contribution in [0.15, 0.2) is 10.2 Å². The average molecular weight is 258 g/mol. The Hall–Kier alpha value is -1.27. The highest BCUT2D eigenvalue weighted by Crippen LogP contribution is 1.95. The fraction of sp³-hybridized carbons (Fsp3) is 0.750. The van der Waals surface area contributed by atoms with Crippen LogP contribution in [0.5, 0.6) is 0 Å². The Labute approximate surface area is 108 Å². The Balaban J connectivity index is 4.35. The molecule has 0 aromatic rings. The summed E-state index contributed by atoms with van der Waals surface area (Å²) in [4.78, 5) is 11.2. The van der Waals surface area contributed by atoms with Crippen molar-refractivity contribution in [3.63, 3.8) is 0 Å². The molecule has 6 heteroatoms. The molecule has 0 saturated carbocycles. The molecule has 0 aromatic heterocycles. The first-order valence-corrected chi connectivity index (χ1v) is 5.86. The van der Waals surface area contributed by atoms with Crippen LogP contribution in [-0.2, 0) is 19.0 Å². The predicted octanol–water partition coefficient (Wildman–Crippen LogP) is 1.44. The smallest absolute Gasteiger partial charge is 0.311 e. The van der Waals surface area contributed by atoms with Gasteiger partial charge in [0.15, 0.2) is 0 Å². The van der Waals surface area contributed by atoms with Crippen molar-refractivity contribution in [2.75, 3.05) is 34.0 Å². The molecule has 0 radical (unpaired) electrons. The zero-order valence-corrected chi connectivity index (χ0v) is 11.6. The molecule has 0 spiro atoms. The molecule has 0 aromatic carbocycles. The highest BCUT2D eigenvalue weighted by Gasteiger charge is 2.04. The maximum atomic E-state index is 11.2. The Bertz CT molecular complexity index is 300. The van der Waals surface area contributed by atoms with Crippen LogP contribution in [0.4, 0.5) is 0 Å². The van der Waals surface area contributed by atoms with Gasteiger partial charge in [0.1, 0.15) is 0 Å². The molecular weight excluding hydrogens is 236 g/mol. The standard InChI is InChI=1S/C12H22N2O4/c1-5-18-12(15)8-10(2)13-14-11(9-17-4)6-7-16-3/h5-9H2,1-4H3/b13-10?,14-11+. The molecule has 0 heterocycles. The zero-order valence-electron chi connectivity index (χ0n) is 11.6. The van der Waals surface area contributed by atoms with Gasteiger partial charge in [-0.15, -0.1) is 0 Å². The molecule has 0 atom stereocenters. The maximum absolute atomic E-state index is 11.2. The van der Waals surface area contributed by atoms with E-state index in [1.807, 2.05) is 0 Å². The fourth-order valence-corrected chi connectivity index (χ4v) is 1.15. The SMILES string of the molecule is CCOC(=O)CC(C)=N/N=C(\CCOC)COC. The van der Waals surface area contributed by atoms with Gasteiger partial charge < -0.3 is 14.2 Å². The van der Waals surface area contributed by atoms with E-state index in [1.165, 1.54) is 0 Å². The van der Waals surface area contributed by atoms with Crippen LogP contribution in [0.1, 0.15) is 26.7 Å². The number of carbonyl (C=O) groups excluding carboxylic acids is 1. The summed E-state index contributed by atoms with van der Waals surface area (Å²) in [6, 6.07) is 0. The normalized spacial score (nSPS) is 12.7. The highest BCUT2D eigenvalue weighted by atomic mass is 16.5. The lowest BCUT2D eigenvalue weighted by Crippen LogP contribution is -2.11. The molecule has 0 amide bonds. The van der Waals surface area contributed by atoms with E-state index in [-0.39, 0.29) is 12.4 Å². The number of esters is 1. The van der Waals surface area contributed by atoms with E-state index < -0.39 is 0 Å². The lowest BCUT2D eigenvalue weighted by atomic mass is 10.3. The van der Waals surface area contributed by atoms with E-state index in [4.69, 9.17) is 14.2 Å². The first-order chi connectivity index (χ1) is 8.63. The monoisotopic (exact) mass is 258 g/mol. The molecule has 0 unspecified atom stereocenters. The first-order valence-electron chi connectivity index (χ1n) is 5.86. The zero-order chi connectivity index (χ0) is 13.8. The molecule has 6 nitrogen and oxygen atoms in total. The minimum absolute atomic E-state index is 0.155. The van der Waals surface area contributed by atoms with Crippen LogP contribution in [0.2, 0.25) is 0 Å². The van der Waals surface area contributed by atoms with Crippen molar-refractivity contribution in [2.24, 2.45) is 10.2 Å². The van der Waals surface area contributed by atoms with E-state index in [0.29, 0.717) is 32.0 Å². The predicted molar refractivity (Wildman–Crippen MR) is 70.2 cm³/mol. The van der Waals surface area contributed by atoms with Gasteiger partial charge >= 0.3 is 5.97 Å². The number of carbonyl (C=O) groups is 1. The van der Waals surface area contributed by atoms with Gasteiger partial charge in [0.05, 0.1) is 32.0 Å². The van der Waals surface area contributed by atoms with Gasteiger partial charge in [0.25, 0.3) is 0 Å². The van der Waals surface area contributed by atoms with Crippen molar-refractivity contribution in [1.29, 1.82) is 0 Å².